The highest BCUT2D eigenvalue weighted by Crippen LogP contribution is 2.28. The Morgan fingerprint density at radius 3 is 2.85 bits per heavy atom. The van der Waals surface area contributed by atoms with Crippen molar-refractivity contribution in [2.45, 2.75) is 25.4 Å². The maximum absolute atomic E-state index is 11.7. The van der Waals surface area contributed by atoms with E-state index in [2.05, 4.69) is 22.1 Å². The van der Waals surface area contributed by atoms with E-state index in [9.17, 15) is 8.42 Å². The third-order valence-corrected chi connectivity index (χ3v) is 7.18. The van der Waals surface area contributed by atoms with Gasteiger partial charge in [0.05, 0.1) is 30.9 Å². The van der Waals surface area contributed by atoms with Gasteiger partial charge in [-0.25, -0.2) is 8.42 Å². The number of sulfone groups is 1. The van der Waals surface area contributed by atoms with Crippen molar-refractivity contribution in [1.82, 2.24) is 14.7 Å². The molecule has 0 saturated carbocycles. The van der Waals surface area contributed by atoms with Crippen molar-refractivity contribution in [3.8, 4) is 5.75 Å². The van der Waals surface area contributed by atoms with Gasteiger partial charge in [-0.2, -0.15) is 5.10 Å². The van der Waals surface area contributed by atoms with Gasteiger partial charge in [-0.3, -0.25) is 9.58 Å². The molecule has 1 fully saturated rings. The molecule has 27 heavy (non-hydrogen) atoms. The van der Waals surface area contributed by atoms with Crippen LogP contribution in [0.3, 0.4) is 0 Å². The van der Waals surface area contributed by atoms with Crippen LogP contribution in [0.5, 0.6) is 5.75 Å². The van der Waals surface area contributed by atoms with Crippen LogP contribution in [-0.2, 0) is 16.4 Å². The summed E-state index contributed by atoms with van der Waals surface area (Å²) >= 11 is 0. The van der Waals surface area contributed by atoms with E-state index in [4.69, 9.17) is 4.74 Å². The molecule has 0 aliphatic carbocycles. The Morgan fingerprint density at radius 2 is 2.15 bits per heavy atom. The van der Waals surface area contributed by atoms with Crippen molar-refractivity contribution in [1.29, 1.82) is 0 Å². The summed E-state index contributed by atoms with van der Waals surface area (Å²) in [7, 11) is -1.19. The van der Waals surface area contributed by atoms with Crippen LogP contribution in [0.1, 0.15) is 30.0 Å². The average molecular weight is 388 g/mol. The zero-order valence-electron chi connectivity index (χ0n) is 15.5. The first-order chi connectivity index (χ1) is 13.0. The summed E-state index contributed by atoms with van der Waals surface area (Å²) in [6.45, 7) is 2.73. The van der Waals surface area contributed by atoms with Crippen LogP contribution in [0.4, 0.5) is 0 Å². The lowest BCUT2D eigenvalue weighted by atomic mass is 10.0. The number of hydrogen-bond donors (Lipinski definition) is 0. The van der Waals surface area contributed by atoms with Gasteiger partial charge in [0.2, 0.25) is 0 Å². The van der Waals surface area contributed by atoms with Gasteiger partial charge in [-0.1, -0.05) is 24.3 Å². The quantitative estimate of drug-likeness (QED) is 0.789. The van der Waals surface area contributed by atoms with Crippen LogP contribution < -0.4 is 4.74 Å². The molecule has 2 aliphatic rings. The second-order valence-electron chi connectivity index (χ2n) is 7.29. The van der Waals surface area contributed by atoms with Crippen molar-refractivity contribution in [3.63, 3.8) is 0 Å². The number of para-hydroxylation sites is 1. The van der Waals surface area contributed by atoms with E-state index in [0.717, 1.165) is 37.4 Å². The van der Waals surface area contributed by atoms with Gasteiger partial charge in [0.1, 0.15) is 5.75 Å². The summed E-state index contributed by atoms with van der Waals surface area (Å²) in [6.07, 6.45) is 7.75. The molecule has 2 aromatic rings. The minimum atomic E-state index is -2.89. The van der Waals surface area contributed by atoms with E-state index in [1.807, 2.05) is 35.3 Å². The summed E-state index contributed by atoms with van der Waals surface area (Å²) < 4.78 is 30.7. The Morgan fingerprint density at radius 1 is 1.30 bits per heavy atom. The largest absolute Gasteiger partial charge is 0.496 e. The minimum absolute atomic E-state index is 0.0185. The summed E-state index contributed by atoms with van der Waals surface area (Å²) in [6, 6.07) is 8.12. The van der Waals surface area contributed by atoms with E-state index in [1.165, 1.54) is 11.1 Å². The van der Waals surface area contributed by atoms with Crippen molar-refractivity contribution >= 4 is 15.4 Å². The van der Waals surface area contributed by atoms with E-state index in [0.29, 0.717) is 6.42 Å². The van der Waals surface area contributed by atoms with Gasteiger partial charge in [-0.15, -0.1) is 0 Å². The first kappa shape index (κ1) is 18.3. The Hall–Kier alpha value is -2.12. The molecule has 2 aliphatic heterocycles. The molecular weight excluding hydrogens is 362 g/mol. The number of rotatable bonds is 5. The van der Waals surface area contributed by atoms with Gasteiger partial charge in [0.25, 0.3) is 0 Å². The van der Waals surface area contributed by atoms with E-state index in [-0.39, 0.29) is 17.5 Å². The lowest BCUT2D eigenvalue weighted by molar-refractivity contribution is 0.287. The molecule has 7 heteroatoms. The molecule has 1 aromatic carbocycles. The topological polar surface area (TPSA) is 64.4 Å². The maximum Gasteiger partial charge on any atom is 0.152 e. The lowest BCUT2D eigenvalue weighted by Gasteiger charge is -2.26. The summed E-state index contributed by atoms with van der Waals surface area (Å²) in [4.78, 5) is 2.40. The van der Waals surface area contributed by atoms with E-state index >= 15 is 0 Å². The molecule has 3 heterocycles. The predicted octanol–water partition coefficient (Wildman–Crippen LogP) is 2.54. The van der Waals surface area contributed by atoms with E-state index in [1.54, 1.807) is 7.11 Å². The maximum atomic E-state index is 11.7. The van der Waals surface area contributed by atoms with Crippen LogP contribution in [0.15, 0.2) is 42.7 Å². The molecule has 6 nitrogen and oxygen atoms in total. The van der Waals surface area contributed by atoms with Crippen LogP contribution in [0, 0.1) is 0 Å². The van der Waals surface area contributed by atoms with Gasteiger partial charge in [0.15, 0.2) is 9.84 Å². The van der Waals surface area contributed by atoms with Crippen LogP contribution in [0.2, 0.25) is 0 Å². The monoisotopic (exact) mass is 387 g/mol. The third kappa shape index (κ3) is 4.09. The summed E-state index contributed by atoms with van der Waals surface area (Å²) in [5.74, 6) is 1.41. The predicted molar refractivity (Wildman–Crippen MR) is 105 cm³/mol. The molecule has 144 valence electrons. The van der Waals surface area contributed by atoms with Gasteiger partial charge in [0, 0.05) is 37.0 Å². The average Bonchev–Trinajstić information content (AvgIpc) is 3.29. The lowest BCUT2D eigenvalue weighted by Crippen LogP contribution is -2.28. The fourth-order valence-electron chi connectivity index (χ4n) is 3.88. The van der Waals surface area contributed by atoms with Crippen molar-refractivity contribution < 1.29 is 13.2 Å². The first-order valence-electron chi connectivity index (χ1n) is 9.32. The van der Waals surface area contributed by atoms with E-state index < -0.39 is 9.84 Å². The molecule has 1 saturated heterocycles. The molecule has 0 N–H and O–H groups in total. The molecule has 1 unspecified atom stereocenters. The zero-order chi connectivity index (χ0) is 18.9. The second kappa shape index (κ2) is 7.48. The molecule has 1 aromatic heterocycles. The highest BCUT2D eigenvalue weighted by Gasteiger charge is 2.29. The summed E-state index contributed by atoms with van der Waals surface area (Å²) in [5.41, 5.74) is 3.60. The van der Waals surface area contributed by atoms with Crippen LogP contribution in [-0.4, -0.2) is 54.8 Å². The Kier molecular flexibility index (Phi) is 5.06. The fraction of sp³-hybridized carbons (Fsp3) is 0.450. The summed E-state index contributed by atoms with van der Waals surface area (Å²) in [5, 5.41) is 4.43. The minimum Gasteiger partial charge on any atom is -0.496 e. The number of aromatic nitrogens is 2. The first-order valence-corrected chi connectivity index (χ1v) is 11.1. The number of nitrogens with zero attached hydrogens (tertiary/aromatic N) is 3. The second-order valence-corrected chi connectivity index (χ2v) is 9.52. The molecule has 0 spiro atoms. The molecule has 0 amide bonds. The number of benzene rings is 1. The molecule has 4 rings (SSSR count). The SMILES string of the molecule is COc1ccccc1CN1CC=C(c2cnn(C3CCS(=O)(=O)C3)c2)CC1. The van der Waals surface area contributed by atoms with Crippen molar-refractivity contribution in [2.75, 3.05) is 31.7 Å². The third-order valence-electron chi connectivity index (χ3n) is 5.43. The molecule has 0 radical (unpaired) electrons. The standard InChI is InChI=1S/C20H25N3O3S/c1-26-20-5-3-2-4-17(20)13-22-9-6-16(7-10-22)18-12-21-23(14-18)19-8-11-27(24,25)15-19/h2-6,12,14,19H,7-11,13,15H2,1H3. The highest BCUT2D eigenvalue weighted by atomic mass is 32.2. The zero-order valence-corrected chi connectivity index (χ0v) is 16.4. The van der Waals surface area contributed by atoms with Gasteiger partial charge in [-0.05, 0) is 24.5 Å². The Balaban J connectivity index is 1.41. The van der Waals surface area contributed by atoms with Crippen LogP contribution in [0.25, 0.3) is 5.57 Å². The van der Waals surface area contributed by atoms with Gasteiger partial charge < -0.3 is 4.74 Å². The normalized spacial score (nSPS) is 22.6. The Bertz CT molecular complexity index is 949. The molecule has 1 atom stereocenters. The van der Waals surface area contributed by atoms with Crippen molar-refractivity contribution in [2.24, 2.45) is 0 Å². The molecule has 0 bridgehead atoms. The highest BCUT2D eigenvalue weighted by molar-refractivity contribution is 7.91. The number of ether oxygens (including phenoxy) is 1. The smallest absolute Gasteiger partial charge is 0.152 e. The van der Waals surface area contributed by atoms with Crippen LogP contribution >= 0.6 is 0 Å². The number of methoxy groups -OCH3 is 1. The van der Waals surface area contributed by atoms with Crippen molar-refractivity contribution in [3.05, 3.63) is 53.9 Å². The number of hydrogen-bond acceptors (Lipinski definition) is 5. The molecular formula is C20H25N3O3S. The Labute approximate surface area is 160 Å². The van der Waals surface area contributed by atoms with Gasteiger partial charge >= 0.3 is 0 Å². The fourth-order valence-corrected chi connectivity index (χ4v) is 5.58.